The molecule has 1 aromatic carbocycles. The zero-order chi connectivity index (χ0) is 25.8. The van der Waals surface area contributed by atoms with Crippen molar-refractivity contribution in [3.05, 3.63) is 34.3 Å². The maximum atomic E-state index is 12.5. The smallest absolute Gasteiger partial charge is 0.420 e. The van der Waals surface area contributed by atoms with Gasteiger partial charge in [0, 0.05) is 18.6 Å². The van der Waals surface area contributed by atoms with Crippen molar-refractivity contribution < 1.29 is 28.6 Å². The van der Waals surface area contributed by atoms with E-state index in [2.05, 4.69) is 36.3 Å². The summed E-state index contributed by atoms with van der Waals surface area (Å²) < 4.78 is 12.3. The van der Waals surface area contributed by atoms with Gasteiger partial charge >= 0.3 is 11.8 Å². The number of fused-ring (bicyclic) bond motifs is 1. The molecule has 1 aromatic heterocycles. The lowest BCUT2D eigenvalue weighted by Gasteiger charge is -2.34. The monoisotopic (exact) mass is 485 g/mol. The number of para-hydroxylation sites is 1. The molecule has 0 spiro atoms. The molecular weight excluding hydrogens is 454 g/mol. The molecule has 1 aliphatic heterocycles. The van der Waals surface area contributed by atoms with E-state index in [-0.39, 0.29) is 36.4 Å². The van der Waals surface area contributed by atoms with E-state index in [9.17, 15) is 19.2 Å². The van der Waals surface area contributed by atoms with Gasteiger partial charge in [0.25, 0.3) is 0 Å². The second-order valence-corrected chi connectivity index (χ2v) is 10.1. The van der Waals surface area contributed by atoms with Crippen LogP contribution in [-0.2, 0) is 14.3 Å². The number of ether oxygens (including phenoxy) is 1. The molecule has 0 radical (unpaired) electrons. The van der Waals surface area contributed by atoms with E-state index in [0.29, 0.717) is 24.1 Å². The van der Waals surface area contributed by atoms with Crippen LogP contribution in [0, 0.1) is 17.3 Å². The first kappa shape index (κ1) is 26.0. The van der Waals surface area contributed by atoms with Crippen LogP contribution < -0.4 is 16.4 Å². The molecule has 0 saturated carbocycles. The number of nitrogens with one attached hydrogen (secondary N) is 2. The fourth-order valence-electron chi connectivity index (χ4n) is 4.60. The number of imide groups is 1. The second-order valence-electron chi connectivity index (χ2n) is 10.1. The number of aromatic nitrogens is 1. The molecule has 2 heterocycles. The Labute approximate surface area is 203 Å². The average Bonchev–Trinajstić information content (AvgIpc) is 3.05. The van der Waals surface area contributed by atoms with Gasteiger partial charge in [0.05, 0.1) is 11.1 Å². The maximum absolute atomic E-state index is 12.5. The van der Waals surface area contributed by atoms with Gasteiger partial charge in [-0.1, -0.05) is 31.8 Å². The first-order valence-electron chi connectivity index (χ1n) is 11.4. The quantitative estimate of drug-likeness (QED) is 0.297. The Morgan fingerprint density at radius 1 is 1.29 bits per heavy atom. The van der Waals surface area contributed by atoms with E-state index in [1.165, 1.54) is 4.57 Å². The van der Waals surface area contributed by atoms with Crippen LogP contribution in [0.5, 0.6) is 0 Å². The maximum Gasteiger partial charge on any atom is 0.420 e. The lowest BCUT2D eigenvalue weighted by molar-refractivity contribution is -0.135. The molecule has 3 amide bonds. The van der Waals surface area contributed by atoms with E-state index in [1.807, 2.05) is 13.8 Å². The van der Waals surface area contributed by atoms with Gasteiger partial charge in [0.15, 0.2) is 5.58 Å². The van der Waals surface area contributed by atoms with Crippen molar-refractivity contribution in [2.75, 3.05) is 13.2 Å². The highest BCUT2D eigenvalue weighted by Gasteiger charge is 2.32. The van der Waals surface area contributed by atoms with Crippen LogP contribution in [0.15, 0.2) is 27.4 Å². The Balaban J connectivity index is 1.62. The van der Waals surface area contributed by atoms with Crippen molar-refractivity contribution >= 4 is 29.0 Å². The molecule has 1 aliphatic rings. The van der Waals surface area contributed by atoms with Gasteiger partial charge in [0.1, 0.15) is 12.6 Å². The zero-order valence-electron chi connectivity index (χ0n) is 20.4. The Hall–Kier alpha value is -3.58. The standard InChI is InChI=1S/C25H31N3O7/c1-24(2,15-25(3,4)27-22(31)32)12-14-34-13-6-8-16-7-5-9-17-20(16)35-23(33)28(17)18-10-11-19(29)26-21(18)30/h5,7,9,18,27H,10-15H2,1-4H3,(H,31,32)(H,26,29,30). The number of carboxylic acid groups (broad SMARTS) is 1. The second kappa shape index (κ2) is 10.4. The van der Waals surface area contributed by atoms with Crippen molar-refractivity contribution in [3.63, 3.8) is 0 Å². The van der Waals surface area contributed by atoms with Gasteiger partial charge < -0.3 is 19.6 Å². The summed E-state index contributed by atoms with van der Waals surface area (Å²) in [6.45, 7) is 8.44. The third-order valence-electron chi connectivity index (χ3n) is 5.85. The number of rotatable bonds is 8. The Bertz CT molecular complexity index is 1240. The van der Waals surface area contributed by atoms with Gasteiger partial charge in [0.2, 0.25) is 11.8 Å². The highest BCUT2D eigenvalue weighted by molar-refractivity contribution is 6.00. The van der Waals surface area contributed by atoms with Gasteiger partial charge in [-0.05, 0) is 50.7 Å². The summed E-state index contributed by atoms with van der Waals surface area (Å²) in [7, 11) is 0. The van der Waals surface area contributed by atoms with E-state index in [4.69, 9.17) is 14.3 Å². The number of amides is 3. The fraction of sp³-hybridized carbons (Fsp3) is 0.520. The molecule has 35 heavy (non-hydrogen) atoms. The average molecular weight is 486 g/mol. The molecule has 0 bridgehead atoms. The summed E-state index contributed by atoms with van der Waals surface area (Å²) in [5, 5.41) is 13.8. The molecule has 10 heteroatoms. The van der Waals surface area contributed by atoms with Crippen molar-refractivity contribution in [1.29, 1.82) is 0 Å². The number of piperidine rings is 1. The molecule has 3 rings (SSSR count). The zero-order valence-corrected chi connectivity index (χ0v) is 20.4. The normalized spacial score (nSPS) is 16.5. The predicted molar refractivity (Wildman–Crippen MR) is 128 cm³/mol. The van der Waals surface area contributed by atoms with Crippen LogP contribution in [-0.4, -0.2) is 46.3 Å². The van der Waals surface area contributed by atoms with E-state index >= 15 is 0 Å². The lowest BCUT2D eigenvalue weighted by Crippen LogP contribution is -2.45. The van der Waals surface area contributed by atoms with Crippen LogP contribution in [0.2, 0.25) is 0 Å². The van der Waals surface area contributed by atoms with Crippen molar-refractivity contribution in [2.45, 2.75) is 65.0 Å². The molecule has 10 nitrogen and oxygen atoms in total. The SMILES string of the molecule is CC(C)(CCOCC#Cc1cccc2c1oc(=O)n2C1CCC(=O)NC1=O)CC(C)(C)NC(=O)O. The molecule has 1 saturated heterocycles. The largest absolute Gasteiger partial charge is 0.465 e. The molecule has 1 unspecified atom stereocenters. The summed E-state index contributed by atoms with van der Waals surface area (Å²) in [6, 6.07) is 4.30. The van der Waals surface area contributed by atoms with Crippen LogP contribution in [0.4, 0.5) is 4.79 Å². The summed E-state index contributed by atoms with van der Waals surface area (Å²) in [6.07, 6.45) is 0.695. The highest BCUT2D eigenvalue weighted by Crippen LogP contribution is 2.31. The molecule has 1 atom stereocenters. The Kier molecular flexibility index (Phi) is 7.70. The van der Waals surface area contributed by atoms with Gasteiger partial charge in [-0.3, -0.25) is 19.5 Å². The van der Waals surface area contributed by atoms with Crippen LogP contribution in [0.3, 0.4) is 0 Å². The van der Waals surface area contributed by atoms with Crippen LogP contribution >= 0.6 is 0 Å². The first-order valence-corrected chi connectivity index (χ1v) is 11.4. The van der Waals surface area contributed by atoms with E-state index in [0.717, 1.165) is 6.42 Å². The topological polar surface area (TPSA) is 140 Å². The number of carbonyl (C=O) groups excluding carboxylic acids is 2. The lowest BCUT2D eigenvalue weighted by atomic mass is 9.78. The Morgan fingerprint density at radius 3 is 2.71 bits per heavy atom. The number of benzene rings is 1. The summed E-state index contributed by atoms with van der Waals surface area (Å²) in [5.41, 5.74) is 0.520. The van der Waals surface area contributed by atoms with Gasteiger partial charge in [-0.15, -0.1) is 0 Å². The minimum atomic E-state index is -1.05. The number of nitrogens with zero attached hydrogens (tertiary/aromatic N) is 1. The number of hydrogen-bond donors (Lipinski definition) is 3. The fourth-order valence-corrected chi connectivity index (χ4v) is 4.60. The summed E-state index contributed by atoms with van der Waals surface area (Å²) in [5.74, 6) is 4.31. The minimum absolute atomic E-state index is 0.146. The van der Waals surface area contributed by atoms with Crippen molar-refractivity contribution in [2.24, 2.45) is 5.41 Å². The minimum Gasteiger partial charge on any atom is -0.465 e. The van der Waals surface area contributed by atoms with Crippen LogP contribution in [0.25, 0.3) is 11.1 Å². The van der Waals surface area contributed by atoms with Crippen molar-refractivity contribution in [3.8, 4) is 11.8 Å². The molecule has 1 fully saturated rings. The third kappa shape index (κ3) is 6.73. The van der Waals surface area contributed by atoms with E-state index < -0.39 is 29.3 Å². The van der Waals surface area contributed by atoms with E-state index in [1.54, 1.807) is 18.2 Å². The van der Waals surface area contributed by atoms with Crippen LogP contribution in [0.1, 0.15) is 65.0 Å². The molecule has 188 valence electrons. The summed E-state index contributed by atoms with van der Waals surface area (Å²) >= 11 is 0. The molecular formula is C25H31N3O7. The van der Waals surface area contributed by atoms with Gasteiger partial charge in [-0.2, -0.15) is 0 Å². The highest BCUT2D eigenvalue weighted by atomic mass is 16.5. The van der Waals surface area contributed by atoms with Gasteiger partial charge in [-0.25, -0.2) is 9.59 Å². The number of oxazole rings is 1. The molecule has 0 aliphatic carbocycles. The third-order valence-corrected chi connectivity index (χ3v) is 5.85. The Morgan fingerprint density at radius 2 is 2.03 bits per heavy atom. The van der Waals surface area contributed by atoms with Crippen molar-refractivity contribution in [1.82, 2.24) is 15.2 Å². The molecule has 3 N–H and O–H groups in total. The predicted octanol–water partition coefficient (Wildman–Crippen LogP) is 2.79. The number of hydrogen-bond acceptors (Lipinski definition) is 6. The number of carbonyl (C=O) groups is 3. The first-order chi connectivity index (χ1) is 16.4. The molecule has 2 aromatic rings. The summed E-state index contributed by atoms with van der Waals surface area (Å²) in [4.78, 5) is 47.1.